The second kappa shape index (κ2) is 6.76. The highest BCUT2D eigenvalue weighted by molar-refractivity contribution is 6.01. The summed E-state index contributed by atoms with van der Waals surface area (Å²) < 4.78 is 0. The van der Waals surface area contributed by atoms with Crippen LogP contribution in [0.25, 0.3) is 10.9 Å². The van der Waals surface area contributed by atoms with E-state index in [2.05, 4.69) is 10.3 Å². The molecule has 0 radical (unpaired) electrons. The zero-order valence-electron chi connectivity index (χ0n) is 13.0. The molecule has 0 unspecified atom stereocenters. The third kappa shape index (κ3) is 3.33. The van der Waals surface area contributed by atoms with Crippen molar-refractivity contribution >= 4 is 22.5 Å². The molecule has 1 saturated carbocycles. The predicted molar refractivity (Wildman–Crippen MR) is 89.6 cm³/mol. The van der Waals surface area contributed by atoms with Gasteiger partial charge in [0.15, 0.2) is 0 Å². The van der Waals surface area contributed by atoms with Gasteiger partial charge < -0.3 is 11.1 Å². The van der Waals surface area contributed by atoms with Gasteiger partial charge in [0.05, 0.1) is 11.2 Å². The normalized spacial score (nSPS) is 20.9. The minimum Gasteiger partial charge on any atom is -0.330 e. The molecule has 1 heterocycles. The third-order valence-electron chi connectivity index (χ3n) is 4.58. The number of nitrogens with one attached hydrogen (secondary N) is 1. The van der Waals surface area contributed by atoms with Gasteiger partial charge in [-0.1, -0.05) is 18.6 Å². The van der Waals surface area contributed by atoms with Gasteiger partial charge in [-0.05, 0) is 49.9 Å². The summed E-state index contributed by atoms with van der Waals surface area (Å²) in [6.07, 6.45) is 3.92. The maximum absolute atomic E-state index is 12.6. The number of hydrogen-bond donors (Lipinski definition) is 2. The standard InChI is InChI=1S/C18H20N4O/c19-10-12-3-1-5-14(9-12)18(23)22-16-6-2-4-13-7-8-15(11-20)21-17(13)16/h2,4,6-8,12,14H,1,3,5,9-10,19H2,(H,22,23)/t12-,14+/m1/s1. The second-order valence-electron chi connectivity index (χ2n) is 6.14. The van der Waals surface area contributed by atoms with Crippen molar-refractivity contribution in [3.8, 4) is 6.07 Å². The Morgan fingerprint density at radius 2 is 2.22 bits per heavy atom. The molecule has 0 saturated heterocycles. The van der Waals surface area contributed by atoms with E-state index in [-0.39, 0.29) is 11.8 Å². The lowest BCUT2D eigenvalue weighted by atomic mass is 9.81. The maximum Gasteiger partial charge on any atom is 0.227 e. The Labute approximate surface area is 135 Å². The number of pyridine rings is 1. The van der Waals surface area contributed by atoms with Crippen molar-refractivity contribution in [1.82, 2.24) is 4.98 Å². The zero-order valence-corrected chi connectivity index (χ0v) is 13.0. The molecule has 1 aliphatic rings. The summed E-state index contributed by atoms with van der Waals surface area (Å²) in [5.74, 6) is 0.474. The number of hydrogen-bond acceptors (Lipinski definition) is 4. The molecule has 1 amide bonds. The van der Waals surface area contributed by atoms with E-state index in [1.54, 1.807) is 6.07 Å². The van der Waals surface area contributed by atoms with Crippen LogP contribution in [-0.4, -0.2) is 17.4 Å². The molecule has 0 bridgehead atoms. The average molecular weight is 308 g/mol. The summed E-state index contributed by atoms with van der Waals surface area (Å²) in [5, 5.41) is 12.9. The molecule has 0 aliphatic heterocycles. The van der Waals surface area contributed by atoms with Gasteiger partial charge in [0, 0.05) is 11.3 Å². The minimum absolute atomic E-state index is 0.00621. The number of benzene rings is 1. The molecule has 1 fully saturated rings. The van der Waals surface area contributed by atoms with E-state index in [4.69, 9.17) is 11.0 Å². The Morgan fingerprint density at radius 3 is 3.00 bits per heavy atom. The lowest BCUT2D eigenvalue weighted by molar-refractivity contribution is -0.121. The largest absolute Gasteiger partial charge is 0.330 e. The summed E-state index contributed by atoms with van der Waals surface area (Å²) in [6.45, 7) is 0.644. The molecule has 2 aromatic rings. The lowest BCUT2D eigenvalue weighted by Crippen LogP contribution is -2.30. The summed E-state index contributed by atoms with van der Waals surface area (Å²) in [5.41, 5.74) is 7.42. The number of nitrogens with zero attached hydrogens (tertiary/aromatic N) is 2. The van der Waals surface area contributed by atoms with Crippen LogP contribution in [0.2, 0.25) is 0 Å². The molecule has 0 spiro atoms. The molecule has 1 aromatic carbocycles. The quantitative estimate of drug-likeness (QED) is 0.912. The molecule has 1 aliphatic carbocycles. The minimum atomic E-state index is 0.00621. The van der Waals surface area contributed by atoms with Crippen LogP contribution < -0.4 is 11.1 Å². The van der Waals surface area contributed by atoms with Crippen molar-refractivity contribution in [1.29, 1.82) is 5.26 Å². The van der Waals surface area contributed by atoms with Crippen LogP contribution >= 0.6 is 0 Å². The Bertz CT molecular complexity index is 765. The fourth-order valence-electron chi connectivity index (χ4n) is 3.29. The number of fused-ring (bicyclic) bond motifs is 1. The Morgan fingerprint density at radius 1 is 1.35 bits per heavy atom. The van der Waals surface area contributed by atoms with Crippen molar-refractivity contribution in [2.24, 2.45) is 17.6 Å². The highest BCUT2D eigenvalue weighted by Crippen LogP contribution is 2.30. The number of amides is 1. The second-order valence-corrected chi connectivity index (χ2v) is 6.14. The van der Waals surface area contributed by atoms with Crippen molar-refractivity contribution in [3.63, 3.8) is 0 Å². The number of aromatic nitrogens is 1. The van der Waals surface area contributed by atoms with E-state index in [0.717, 1.165) is 31.1 Å². The molecular weight excluding hydrogens is 288 g/mol. The maximum atomic E-state index is 12.6. The summed E-state index contributed by atoms with van der Waals surface area (Å²) >= 11 is 0. The van der Waals surface area contributed by atoms with Crippen LogP contribution in [0.5, 0.6) is 0 Å². The number of carbonyl (C=O) groups excluding carboxylic acids is 1. The van der Waals surface area contributed by atoms with Gasteiger partial charge in [-0.25, -0.2) is 4.98 Å². The summed E-state index contributed by atoms with van der Waals surface area (Å²) in [7, 11) is 0. The van der Waals surface area contributed by atoms with Gasteiger partial charge >= 0.3 is 0 Å². The number of anilines is 1. The number of nitrogens with two attached hydrogens (primary N) is 1. The average Bonchev–Trinajstić information content (AvgIpc) is 2.61. The lowest BCUT2D eigenvalue weighted by Gasteiger charge is -2.27. The number of nitriles is 1. The van der Waals surface area contributed by atoms with Gasteiger partial charge in [0.1, 0.15) is 11.8 Å². The van der Waals surface area contributed by atoms with Crippen LogP contribution in [0.15, 0.2) is 30.3 Å². The van der Waals surface area contributed by atoms with E-state index in [9.17, 15) is 4.79 Å². The molecule has 3 N–H and O–H groups in total. The number of rotatable bonds is 3. The zero-order chi connectivity index (χ0) is 16.2. The predicted octanol–water partition coefficient (Wildman–Crippen LogP) is 2.81. The fourth-order valence-corrected chi connectivity index (χ4v) is 3.29. The Kier molecular flexibility index (Phi) is 4.54. The van der Waals surface area contributed by atoms with E-state index < -0.39 is 0 Å². The van der Waals surface area contributed by atoms with Gasteiger partial charge in [-0.15, -0.1) is 0 Å². The highest BCUT2D eigenvalue weighted by atomic mass is 16.1. The third-order valence-corrected chi connectivity index (χ3v) is 4.58. The van der Waals surface area contributed by atoms with Gasteiger partial charge in [-0.2, -0.15) is 5.26 Å². The van der Waals surface area contributed by atoms with Crippen LogP contribution in [0.1, 0.15) is 31.4 Å². The first kappa shape index (κ1) is 15.4. The first-order chi connectivity index (χ1) is 11.2. The van der Waals surface area contributed by atoms with Gasteiger partial charge in [0.25, 0.3) is 0 Å². The highest BCUT2D eigenvalue weighted by Gasteiger charge is 2.26. The van der Waals surface area contributed by atoms with Crippen molar-refractivity contribution < 1.29 is 4.79 Å². The molecule has 23 heavy (non-hydrogen) atoms. The van der Waals surface area contributed by atoms with Crippen LogP contribution in [0.4, 0.5) is 5.69 Å². The van der Waals surface area contributed by atoms with E-state index in [1.807, 2.05) is 30.3 Å². The summed E-state index contributed by atoms with van der Waals surface area (Å²) in [6, 6.07) is 11.2. The van der Waals surface area contributed by atoms with E-state index >= 15 is 0 Å². The van der Waals surface area contributed by atoms with Gasteiger partial charge in [-0.3, -0.25) is 4.79 Å². The Hall–Kier alpha value is -2.45. The molecule has 2 atom stereocenters. The fraction of sp³-hybridized carbons (Fsp3) is 0.389. The van der Waals surface area contributed by atoms with E-state index in [1.165, 1.54) is 0 Å². The molecule has 5 nitrogen and oxygen atoms in total. The number of carbonyl (C=O) groups is 1. The monoisotopic (exact) mass is 308 g/mol. The smallest absolute Gasteiger partial charge is 0.227 e. The van der Waals surface area contributed by atoms with Crippen LogP contribution in [0, 0.1) is 23.2 Å². The van der Waals surface area contributed by atoms with Crippen molar-refractivity contribution in [3.05, 3.63) is 36.0 Å². The van der Waals surface area contributed by atoms with Gasteiger partial charge in [0.2, 0.25) is 5.91 Å². The molecule has 118 valence electrons. The van der Waals surface area contributed by atoms with Crippen LogP contribution in [-0.2, 0) is 4.79 Å². The van der Waals surface area contributed by atoms with E-state index in [0.29, 0.717) is 29.4 Å². The number of para-hydroxylation sites is 1. The SMILES string of the molecule is N#Cc1ccc2cccc(NC(=O)[C@H]3CCC[C@@H](CN)C3)c2n1. The first-order valence-corrected chi connectivity index (χ1v) is 8.02. The molecule has 3 rings (SSSR count). The molecule has 5 heteroatoms. The van der Waals surface area contributed by atoms with Crippen molar-refractivity contribution in [2.45, 2.75) is 25.7 Å². The summed E-state index contributed by atoms with van der Waals surface area (Å²) in [4.78, 5) is 16.9. The molecular formula is C18H20N4O. The topological polar surface area (TPSA) is 91.8 Å². The van der Waals surface area contributed by atoms with Crippen LogP contribution in [0.3, 0.4) is 0 Å². The Balaban J connectivity index is 1.83. The van der Waals surface area contributed by atoms with Crippen molar-refractivity contribution in [2.75, 3.05) is 11.9 Å². The first-order valence-electron chi connectivity index (χ1n) is 8.02. The molecule has 1 aromatic heterocycles.